The van der Waals surface area contributed by atoms with Gasteiger partial charge in [0.2, 0.25) is 0 Å². The predicted octanol–water partition coefficient (Wildman–Crippen LogP) is 5.86. The van der Waals surface area contributed by atoms with Crippen molar-refractivity contribution in [2.45, 2.75) is 65.1 Å². The molecule has 1 aromatic heterocycles. The molecule has 1 atom stereocenters. The van der Waals surface area contributed by atoms with Crippen molar-refractivity contribution in [3.8, 4) is 22.6 Å². The number of rotatable bonds is 7. The molecule has 0 bridgehead atoms. The largest absolute Gasteiger partial charge is 0.493 e. The molecule has 3 aromatic carbocycles. The fourth-order valence-electron chi connectivity index (χ4n) is 5.53. The monoisotopic (exact) mass is 579 g/mol. The van der Waals surface area contributed by atoms with Crippen molar-refractivity contribution in [1.82, 2.24) is 4.57 Å². The van der Waals surface area contributed by atoms with E-state index >= 15 is 0 Å². The molecule has 1 unspecified atom stereocenters. The highest BCUT2D eigenvalue weighted by Crippen LogP contribution is 2.42. The topological polar surface area (TPSA) is 90.2 Å². The summed E-state index contributed by atoms with van der Waals surface area (Å²) < 4.78 is 46.3. The van der Waals surface area contributed by atoms with Gasteiger partial charge in [0.05, 0.1) is 23.3 Å². The molecule has 0 radical (unpaired) electrons. The summed E-state index contributed by atoms with van der Waals surface area (Å²) in [6.45, 7) is 8.03. The van der Waals surface area contributed by atoms with Crippen LogP contribution in [0.25, 0.3) is 21.9 Å². The molecule has 9 heteroatoms. The smallest absolute Gasteiger partial charge is 0.258 e. The van der Waals surface area contributed by atoms with Gasteiger partial charge in [0.15, 0.2) is 17.9 Å². The van der Waals surface area contributed by atoms with Crippen molar-refractivity contribution >= 4 is 10.8 Å². The van der Waals surface area contributed by atoms with E-state index < -0.39 is 29.6 Å². The van der Waals surface area contributed by atoms with E-state index in [1.54, 1.807) is 46.0 Å². The zero-order valence-corrected chi connectivity index (χ0v) is 24.3. The van der Waals surface area contributed by atoms with Crippen molar-refractivity contribution in [3.05, 3.63) is 92.9 Å². The van der Waals surface area contributed by atoms with E-state index in [-0.39, 0.29) is 12.2 Å². The molecule has 0 saturated heterocycles. The van der Waals surface area contributed by atoms with Crippen LogP contribution in [0.4, 0.5) is 8.78 Å². The van der Waals surface area contributed by atoms with Crippen molar-refractivity contribution in [2.24, 2.45) is 7.05 Å². The van der Waals surface area contributed by atoms with Crippen LogP contribution in [0.2, 0.25) is 0 Å². The second kappa shape index (κ2) is 11.5. The number of pyridine rings is 1. The van der Waals surface area contributed by atoms with Gasteiger partial charge in [0.1, 0.15) is 24.2 Å². The minimum absolute atomic E-state index is 0.0317. The lowest BCUT2D eigenvalue weighted by Gasteiger charge is -2.32. The SMILES string of the molecule is Cc1c(-c2c(C(OC(C)(C)C)C(O)O)n(C)c(=O)c3cc(OCc4ccc(F)c(F)c4)ccc23)ccc2c1CCCO2. The number of aliphatic hydroxyl groups excluding tert-OH is 1. The van der Waals surface area contributed by atoms with Crippen LogP contribution >= 0.6 is 0 Å². The Kier molecular flexibility index (Phi) is 8.11. The van der Waals surface area contributed by atoms with Crippen LogP contribution in [-0.2, 0) is 24.8 Å². The van der Waals surface area contributed by atoms with Gasteiger partial charge in [0.25, 0.3) is 5.56 Å². The van der Waals surface area contributed by atoms with Crippen LogP contribution in [-0.4, -0.2) is 33.3 Å². The first-order valence-electron chi connectivity index (χ1n) is 13.9. The second-order valence-corrected chi connectivity index (χ2v) is 11.6. The molecule has 1 aliphatic heterocycles. The molecule has 0 saturated carbocycles. The molecule has 42 heavy (non-hydrogen) atoms. The maximum Gasteiger partial charge on any atom is 0.258 e. The molecule has 2 N–H and O–H groups in total. The molecule has 0 amide bonds. The van der Waals surface area contributed by atoms with Gasteiger partial charge in [-0.05, 0) is 105 Å². The molecule has 2 heterocycles. The summed E-state index contributed by atoms with van der Waals surface area (Å²) in [5.41, 5.74) is 3.10. The van der Waals surface area contributed by atoms with Gasteiger partial charge in [-0.15, -0.1) is 0 Å². The van der Waals surface area contributed by atoms with Gasteiger partial charge in [-0.2, -0.15) is 0 Å². The number of benzene rings is 3. The van der Waals surface area contributed by atoms with Gasteiger partial charge >= 0.3 is 0 Å². The minimum Gasteiger partial charge on any atom is -0.493 e. The maximum atomic E-state index is 13.8. The van der Waals surface area contributed by atoms with Gasteiger partial charge < -0.3 is 29.0 Å². The average molecular weight is 580 g/mol. The Hall–Kier alpha value is -3.79. The van der Waals surface area contributed by atoms with Gasteiger partial charge in [0, 0.05) is 12.6 Å². The summed E-state index contributed by atoms with van der Waals surface area (Å²) in [4.78, 5) is 13.8. The van der Waals surface area contributed by atoms with Crippen molar-refractivity contribution in [3.63, 3.8) is 0 Å². The highest BCUT2D eigenvalue weighted by molar-refractivity contribution is 5.99. The zero-order chi connectivity index (χ0) is 30.3. The van der Waals surface area contributed by atoms with E-state index in [4.69, 9.17) is 14.2 Å². The molecular weight excluding hydrogens is 544 g/mol. The van der Waals surface area contributed by atoms with E-state index in [1.807, 2.05) is 19.1 Å². The third-order valence-electron chi connectivity index (χ3n) is 7.48. The molecule has 7 nitrogen and oxygen atoms in total. The molecule has 4 aromatic rings. The number of hydrogen-bond acceptors (Lipinski definition) is 6. The van der Waals surface area contributed by atoms with E-state index in [0.29, 0.717) is 39.9 Å². The Morgan fingerprint density at radius 2 is 1.79 bits per heavy atom. The first-order valence-corrected chi connectivity index (χ1v) is 13.9. The van der Waals surface area contributed by atoms with E-state index in [9.17, 15) is 23.8 Å². The zero-order valence-electron chi connectivity index (χ0n) is 24.3. The number of halogens is 2. The van der Waals surface area contributed by atoms with Gasteiger partial charge in [-0.25, -0.2) is 8.78 Å². The average Bonchev–Trinajstić information content (AvgIpc) is 2.94. The standard InChI is InChI=1S/C33H35F2NO6/c1-18-21-7-6-14-40-27(21)13-11-22(18)28-23-10-9-20(41-17-19-8-12-25(34)26(35)15-19)16-24(23)31(37)36(5)29(28)30(32(38)39)42-33(2,3)4/h8-13,15-16,30,32,38-39H,6-7,14,17H2,1-5H3. The molecule has 0 aliphatic carbocycles. The summed E-state index contributed by atoms with van der Waals surface area (Å²) in [7, 11) is 1.58. The van der Waals surface area contributed by atoms with E-state index in [1.165, 1.54) is 10.6 Å². The van der Waals surface area contributed by atoms with Crippen LogP contribution in [0.5, 0.6) is 11.5 Å². The molecule has 1 aliphatic rings. The Labute approximate surface area is 242 Å². The lowest BCUT2D eigenvalue weighted by Crippen LogP contribution is -2.35. The number of hydrogen-bond donors (Lipinski definition) is 2. The Bertz CT molecular complexity index is 1710. The fraction of sp³-hybridized carbons (Fsp3) is 0.364. The quantitative estimate of drug-likeness (QED) is 0.267. The maximum absolute atomic E-state index is 13.8. The number of fused-ring (bicyclic) bond motifs is 2. The lowest BCUT2D eigenvalue weighted by molar-refractivity contribution is -0.187. The van der Waals surface area contributed by atoms with Crippen LogP contribution in [0.3, 0.4) is 0 Å². The first kappa shape index (κ1) is 29.7. The molecule has 0 fully saturated rings. The van der Waals surface area contributed by atoms with Gasteiger partial charge in [-0.3, -0.25) is 4.79 Å². The molecular formula is C33H35F2NO6. The molecule has 0 spiro atoms. The molecule has 5 rings (SSSR count). The fourth-order valence-corrected chi connectivity index (χ4v) is 5.53. The summed E-state index contributed by atoms with van der Waals surface area (Å²) in [5.74, 6) is -0.731. The number of aliphatic hydroxyl groups is 2. The number of nitrogens with zero attached hydrogens (tertiary/aromatic N) is 1. The van der Waals surface area contributed by atoms with Crippen LogP contribution in [0.15, 0.2) is 53.3 Å². The van der Waals surface area contributed by atoms with Gasteiger partial charge in [-0.1, -0.05) is 12.1 Å². The highest BCUT2D eigenvalue weighted by atomic mass is 19.2. The van der Waals surface area contributed by atoms with Crippen molar-refractivity contribution < 1.29 is 33.2 Å². The lowest BCUT2D eigenvalue weighted by atomic mass is 9.88. The predicted molar refractivity (Wildman–Crippen MR) is 156 cm³/mol. The summed E-state index contributed by atoms with van der Waals surface area (Å²) in [6, 6.07) is 12.4. The Balaban J connectivity index is 1.71. The second-order valence-electron chi connectivity index (χ2n) is 11.6. The molecule has 222 valence electrons. The third-order valence-corrected chi connectivity index (χ3v) is 7.48. The first-order chi connectivity index (χ1) is 19.9. The van der Waals surface area contributed by atoms with Crippen molar-refractivity contribution in [1.29, 1.82) is 0 Å². The summed E-state index contributed by atoms with van der Waals surface area (Å²) in [6.07, 6.45) is -1.44. The van der Waals surface area contributed by atoms with E-state index in [2.05, 4.69) is 0 Å². The number of aromatic nitrogens is 1. The van der Waals surface area contributed by atoms with Crippen LogP contribution < -0.4 is 15.0 Å². The Morgan fingerprint density at radius 3 is 2.48 bits per heavy atom. The summed E-state index contributed by atoms with van der Waals surface area (Å²) >= 11 is 0. The van der Waals surface area contributed by atoms with Crippen LogP contribution in [0, 0.1) is 18.6 Å². The van der Waals surface area contributed by atoms with Crippen molar-refractivity contribution in [2.75, 3.05) is 6.61 Å². The third kappa shape index (κ3) is 5.77. The highest BCUT2D eigenvalue weighted by Gasteiger charge is 2.33. The normalized spacial score (nSPS) is 14.1. The Morgan fingerprint density at radius 1 is 1.02 bits per heavy atom. The number of ether oxygens (including phenoxy) is 3. The minimum atomic E-state index is -1.91. The van der Waals surface area contributed by atoms with Crippen LogP contribution in [0.1, 0.15) is 55.7 Å². The van der Waals surface area contributed by atoms with E-state index in [0.717, 1.165) is 47.4 Å². The summed E-state index contributed by atoms with van der Waals surface area (Å²) in [5, 5.41) is 22.0.